The third kappa shape index (κ3) is 2.89. The van der Waals surface area contributed by atoms with Crippen LogP contribution in [0.2, 0.25) is 0 Å². The van der Waals surface area contributed by atoms with Crippen molar-refractivity contribution < 1.29 is 0 Å². The summed E-state index contributed by atoms with van der Waals surface area (Å²) in [7, 11) is 0. The highest BCUT2D eigenvalue weighted by atomic mass is 15.0. The summed E-state index contributed by atoms with van der Waals surface area (Å²) in [5.41, 5.74) is 7.05. The Bertz CT molecular complexity index is 2180. The minimum Gasteiger partial charge on any atom is -0.309 e. The van der Waals surface area contributed by atoms with Gasteiger partial charge in [-0.2, -0.15) is 15.8 Å². The van der Waals surface area contributed by atoms with Crippen LogP contribution in [0.1, 0.15) is 16.7 Å². The van der Waals surface area contributed by atoms with Gasteiger partial charge in [-0.15, -0.1) is 0 Å². The van der Waals surface area contributed by atoms with Crippen LogP contribution in [0, 0.1) is 34.0 Å². The number of benzene rings is 5. The molecule has 0 fully saturated rings. The fourth-order valence-corrected chi connectivity index (χ4v) is 5.60. The van der Waals surface area contributed by atoms with Gasteiger partial charge in [-0.1, -0.05) is 42.5 Å². The monoisotopic (exact) mass is 483 g/mol. The summed E-state index contributed by atoms with van der Waals surface area (Å²) < 4.78 is 4.27. The maximum atomic E-state index is 9.97. The number of hydrogen-bond donors (Lipinski definition) is 0. The van der Waals surface area contributed by atoms with Crippen LogP contribution in [0.4, 0.5) is 0 Å². The molecule has 0 bridgehead atoms. The van der Waals surface area contributed by atoms with E-state index in [0.717, 1.165) is 49.3 Å². The molecule has 5 aromatic carbocycles. The summed E-state index contributed by atoms with van der Waals surface area (Å²) in [6.45, 7) is 0. The summed E-state index contributed by atoms with van der Waals surface area (Å²) >= 11 is 0. The first-order chi connectivity index (χ1) is 18.7. The van der Waals surface area contributed by atoms with Gasteiger partial charge in [0.05, 0.1) is 50.5 Å². The van der Waals surface area contributed by atoms with E-state index in [1.54, 1.807) is 18.2 Å². The molecule has 7 rings (SSSR count). The smallest absolute Gasteiger partial charge is 0.101 e. The third-order valence-electron chi connectivity index (χ3n) is 7.22. The van der Waals surface area contributed by atoms with Gasteiger partial charge in [0.25, 0.3) is 0 Å². The van der Waals surface area contributed by atoms with Crippen LogP contribution < -0.4 is 0 Å². The largest absolute Gasteiger partial charge is 0.309 e. The van der Waals surface area contributed by atoms with Crippen molar-refractivity contribution in [1.82, 2.24) is 9.13 Å². The Kier molecular flexibility index (Phi) is 4.57. The molecule has 7 aromatic rings. The van der Waals surface area contributed by atoms with Crippen LogP contribution in [0.25, 0.3) is 55.0 Å². The summed E-state index contributed by atoms with van der Waals surface area (Å²) in [6, 6.07) is 40.4. The average Bonchev–Trinajstić information content (AvgIpc) is 3.47. The van der Waals surface area contributed by atoms with Gasteiger partial charge in [-0.05, 0) is 60.7 Å². The van der Waals surface area contributed by atoms with E-state index >= 15 is 0 Å². The van der Waals surface area contributed by atoms with Gasteiger partial charge >= 0.3 is 0 Å². The molecule has 0 aliphatic rings. The summed E-state index contributed by atoms with van der Waals surface area (Å²) in [6.07, 6.45) is 0. The molecule has 38 heavy (non-hydrogen) atoms. The molecule has 174 valence electrons. The molecule has 2 heterocycles. The SMILES string of the molecule is N#Cc1ccc(-n2c3ccccc3c3cc4c(cc32)c2ccccc2n4-c2c(C#N)cccc2C#N)cc1. The first kappa shape index (κ1) is 21.5. The van der Waals surface area contributed by atoms with Crippen molar-refractivity contribution in [2.75, 3.05) is 0 Å². The van der Waals surface area contributed by atoms with E-state index in [2.05, 4.69) is 57.7 Å². The zero-order chi connectivity index (χ0) is 25.8. The minimum atomic E-state index is 0.451. The predicted molar refractivity (Wildman–Crippen MR) is 149 cm³/mol. The number of nitrogens with zero attached hydrogens (tertiary/aromatic N) is 5. The number of hydrogen-bond acceptors (Lipinski definition) is 3. The van der Waals surface area contributed by atoms with Gasteiger partial charge in [0.1, 0.15) is 12.1 Å². The summed E-state index contributed by atoms with van der Waals surface area (Å²) in [5, 5.41) is 33.5. The highest BCUT2D eigenvalue weighted by Crippen LogP contribution is 2.40. The van der Waals surface area contributed by atoms with Gasteiger partial charge in [0.2, 0.25) is 0 Å². The van der Waals surface area contributed by atoms with E-state index < -0.39 is 0 Å². The number of aromatic nitrogens is 2. The van der Waals surface area contributed by atoms with Gasteiger partial charge in [0, 0.05) is 27.2 Å². The Morgan fingerprint density at radius 1 is 0.447 bits per heavy atom. The normalized spacial score (nSPS) is 11.1. The van der Waals surface area contributed by atoms with Gasteiger partial charge < -0.3 is 9.13 Å². The Balaban J connectivity index is 1.68. The lowest BCUT2D eigenvalue weighted by Gasteiger charge is -2.12. The number of fused-ring (bicyclic) bond motifs is 6. The first-order valence-corrected chi connectivity index (χ1v) is 12.1. The zero-order valence-electron chi connectivity index (χ0n) is 20.1. The van der Waals surface area contributed by atoms with Crippen molar-refractivity contribution in [3.05, 3.63) is 120 Å². The summed E-state index contributed by atoms with van der Waals surface area (Å²) in [4.78, 5) is 0. The standard InChI is InChI=1S/C33H17N5/c34-18-21-12-14-24(15-13-21)37-29-10-3-1-8-25(29)27-17-32-28(16-31(27)37)26-9-2-4-11-30(26)38(32)33-22(19-35)6-5-7-23(33)20-36/h1-17H. The Morgan fingerprint density at radius 2 is 0.974 bits per heavy atom. The number of rotatable bonds is 2. The summed E-state index contributed by atoms with van der Waals surface area (Å²) in [5.74, 6) is 0. The Morgan fingerprint density at radius 3 is 1.53 bits per heavy atom. The van der Waals surface area contributed by atoms with Crippen molar-refractivity contribution in [3.8, 4) is 29.6 Å². The predicted octanol–water partition coefficient (Wildman–Crippen LogP) is 7.50. The van der Waals surface area contributed by atoms with E-state index in [9.17, 15) is 15.8 Å². The second-order valence-corrected chi connectivity index (χ2v) is 9.18. The van der Waals surface area contributed by atoms with E-state index in [-0.39, 0.29) is 0 Å². The molecule has 0 spiro atoms. The van der Waals surface area contributed by atoms with Crippen molar-refractivity contribution in [2.45, 2.75) is 0 Å². The Labute approximate surface area is 217 Å². The van der Waals surface area contributed by atoms with Crippen molar-refractivity contribution in [2.24, 2.45) is 0 Å². The molecule has 0 aliphatic heterocycles. The van der Waals surface area contributed by atoms with Crippen molar-refractivity contribution in [3.63, 3.8) is 0 Å². The third-order valence-corrected chi connectivity index (χ3v) is 7.22. The molecule has 0 unspecified atom stereocenters. The fourth-order valence-electron chi connectivity index (χ4n) is 5.60. The van der Waals surface area contributed by atoms with Crippen LogP contribution in [-0.2, 0) is 0 Å². The topological polar surface area (TPSA) is 81.2 Å². The molecule has 0 atom stereocenters. The Hall–Kier alpha value is -5.83. The molecule has 5 nitrogen and oxygen atoms in total. The van der Waals surface area contributed by atoms with Crippen LogP contribution in [0.15, 0.2) is 103 Å². The van der Waals surface area contributed by atoms with E-state index in [1.165, 1.54) is 0 Å². The number of para-hydroxylation sites is 3. The van der Waals surface area contributed by atoms with Crippen molar-refractivity contribution in [1.29, 1.82) is 15.8 Å². The second kappa shape index (κ2) is 8.10. The van der Waals surface area contributed by atoms with Crippen LogP contribution in [0.3, 0.4) is 0 Å². The molecular weight excluding hydrogens is 466 g/mol. The average molecular weight is 484 g/mol. The molecule has 2 aromatic heterocycles. The first-order valence-electron chi connectivity index (χ1n) is 12.1. The van der Waals surface area contributed by atoms with Gasteiger partial charge in [-0.25, -0.2) is 0 Å². The minimum absolute atomic E-state index is 0.451. The lowest BCUT2D eigenvalue weighted by atomic mass is 10.1. The molecular formula is C33H17N5. The molecule has 0 amide bonds. The van der Waals surface area contributed by atoms with E-state index in [0.29, 0.717) is 22.4 Å². The lowest BCUT2D eigenvalue weighted by Crippen LogP contribution is -2.01. The van der Waals surface area contributed by atoms with E-state index in [4.69, 9.17) is 0 Å². The van der Waals surface area contributed by atoms with Crippen LogP contribution in [0.5, 0.6) is 0 Å². The molecule has 0 saturated carbocycles. The van der Waals surface area contributed by atoms with Crippen LogP contribution in [-0.4, -0.2) is 9.13 Å². The van der Waals surface area contributed by atoms with Gasteiger partial charge in [-0.3, -0.25) is 0 Å². The molecule has 5 heteroatoms. The lowest BCUT2D eigenvalue weighted by molar-refractivity contribution is 1.15. The molecule has 0 radical (unpaired) electrons. The van der Waals surface area contributed by atoms with Crippen LogP contribution >= 0.6 is 0 Å². The number of nitriles is 3. The molecule has 0 N–H and O–H groups in total. The van der Waals surface area contributed by atoms with Crippen molar-refractivity contribution >= 4 is 43.6 Å². The highest BCUT2D eigenvalue weighted by molar-refractivity contribution is 6.19. The zero-order valence-corrected chi connectivity index (χ0v) is 20.1. The maximum absolute atomic E-state index is 9.97. The van der Waals surface area contributed by atoms with Gasteiger partial charge in [0.15, 0.2) is 0 Å². The quantitative estimate of drug-likeness (QED) is 0.255. The molecule has 0 saturated heterocycles. The maximum Gasteiger partial charge on any atom is 0.101 e. The fraction of sp³-hybridized carbons (Fsp3) is 0. The molecule has 0 aliphatic carbocycles. The van der Waals surface area contributed by atoms with E-state index in [1.807, 2.05) is 54.6 Å². The highest BCUT2D eigenvalue weighted by Gasteiger charge is 2.21. The second-order valence-electron chi connectivity index (χ2n) is 9.18.